The van der Waals surface area contributed by atoms with Gasteiger partial charge in [-0.3, -0.25) is 9.52 Å². The van der Waals surface area contributed by atoms with Crippen LogP contribution < -0.4 is 9.46 Å². The van der Waals surface area contributed by atoms with Crippen molar-refractivity contribution in [3.63, 3.8) is 0 Å². The summed E-state index contributed by atoms with van der Waals surface area (Å²) >= 11 is 0. The first-order valence-electron chi connectivity index (χ1n) is 15.0. The SMILES string of the molecule is Cc1ccc(S(=O)(=O)Nc2ccc(OC3CC[C@H]4[C@@H]5C(C)CC6N(C)C(=O)CC[C@]6(C)[C@@H]5CC[C@]34C)cc2)cc1. The first kappa shape index (κ1) is 27.6. The highest BCUT2D eigenvalue weighted by Gasteiger charge is 2.63. The van der Waals surface area contributed by atoms with E-state index in [4.69, 9.17) is 4.74 Å². The number of carbonyl (C=O) groups is 1. The zero-order chi connectivity index (χ0) is 28.4. The highest BCUT2D eigenvalue weighted by atomic mass is 32.2. The van der Waals surface area contributed by atoms with E-state index in [2.05, 4.69) is 30.4 Å². The lowest BCUT2D eigenvalue weighted by atomic mass is 9.45. The van der Waals surface area contributed by atoms with Gasteiger partial charge in [0.1, 0.15) is 11.9 Å². The molecule has 216 valence electrons. The Balaban J connectivity index is 1.16. The largest absolute Gasteiger partial charge is 0.490 e. The van der Waals surface area contributed by atoms with E-state index in [9.17, 15) is 13.2 Å². The van der Waals surface area contributed by atoms with Gasteiger partial charge in [0.15, 0.2) is 0 Å². The maximum Gasteiger partial charge on any atom is 0.261 e. The number of carbonyl (C=O) groups excluding carboxylic acids is 1. The van der Waals surface area contributed by atoms with Crippen molar-refractivity contribution in [2.24, 2.45) is 34.5 Å². The maximum absolute atomic E-state index is 12.8. The van der Waals surface area contributed by atoms with Crippen LogP contribution in [0.25, 0.3) is 0 Å². The van der Waals surface area contributed by atoms with Crippen molar-refractivity contribution >= 4 is 21.6 Å². The fraction of sp³-hybridized carbons (Fsp3) is 0.606. The Hall–Kier alpha value is -2.54. The number of hydrogen-bond acceptors (Lipinski definition) is 4. The first-order chi connectivity index (χ1) is 18.9. The van der Waals surface area contributed by atoms with E-state index in [1.807, 2.05) is 26.1 Å². The number of nitrogens with one attached hydrogen (secondary N) is 1. The molecule has 40 heavy (non-hydrogen) atoms. The van der Waals surface area contributed by atoms with Crippen molar-refractivity contribution in [3.05, 3.63) is 54.1 Å². The van der Waals surface area contributed by atoms with Crippen molar-refractivity contribution in [2.45, 2.75) is 89.7 Å². The molecule has 1 heterocycles. The molecule has 0 bridgehead atoms. The van der Waals surface area contributed by atoms with E-state index in [0.717, 1.165) is 37.0 Å². The molecule has 0 aromatic heterocycles. The second-order valence-corrected chi connectivity index (χ2v) is 15.4. The number of likely N-dealkylation sites (tertiary alicyclic amines) is 1. The van der Waals surface area contributed by atoms with Gasteiger partial charge in [0.25, 0.3) is 10.0 Å². The van der Waals surface area contributed by atoms with Crippen molar-refractivity contribution < 1.29 is 17.9 Å². The minimum atomic E-state index is -3.64. The number of benzene rings is 2. The zero-order valence-corrected chi connectivity index (χ0v) is 25.3. The number of ether oxygens (including phenoxy) is 1. The topological polar surface area (TPSA) is 75.7 Å². The summed E-state index contributed by atoms with van der Waals surface area (Å²) in [4.78, 5) is 14.9. The fourth-order valence-electron chi connectivity index (χ4n) is 9.30. The van der Waals surface area contributed by atoms with Crippen LogP contribution in [0.1, 0.15) is 71.3 Å². The summed E-state index contributed by atoms with van der Waals surface area (Å²) in [6.07, 6.45) is 7.58. The van der Waals surface area contributed by atoms with E-state index in [1.54, 1.807) is 36.4 Å². The van der Waals surface area contributed by atoms with Crippen molar-refractivity contribution in [2.75, 3.05) is 11.8 Å². The van der Waals surface area contributed by atoms with Crippen LogP contribution >= 0.6 is 0 Å². The van der Waals surface area contributed by atoms with Crippen LogP contribution in [0, 0.1) is 41.4 Å². The van der Waals surface area contributed by atoms with Crippen molar-refractivity contribution in [1.29, 1.82) is 0 Å². The summed E-state index contributed by atoms with van der Waals surface area (Å²) in [6, 6.07) is 14.6. The third-order valence-corrected chi connectivity index (χ3v) is 13.0. The summed E-state index contributed by atoms with van der Waals surface area (Å²) in [5, 5.41) is 0. The van der Waals surface area contributed by atoms with Crippen LogP contribution in [0.5, 0.6) is 5.75 Å². The summed E-state index contributed by atoms with van der Waals surface area (Å²) in [7, 11) is -1.61. The van der Waals surface area contributed by atoms with Crippen LogP contribution in [0.15, 0.2) is 53.4 Å². The van der Waals surface area contributed by atoms with Gasteiger partial charge in [-0.25, -0.2) is 8.42 Å². The van der Waals surface area contributed by atoms with E-state index in [-0.39, 0.29) is 21.8 Å². The highest BCUT2D eigenvalue weighted by Crippen LogP contribution is 2.66. The molecule has 1 aliphatic heterocycles. The normalized spacial score (nSPS) is 37.3. The van der Waals surface area contributed by atoms with Crippen LogP contribution in [0.3, 0.4) is 0 Å². The first-order valence-corrected chi connectivity index (χ1v) is 16.5. The van der Waals surface area contributed by atoms with Gasteiger partial charge in [-0.1, -0.05) is 38.5 Å². The molecule has 4 fully saturated rings. The number of rotatable bonds is 5. The van der Waals surface area contributed by atoms with Crippen LogP contribution in [-0.2, 0) is 14.8 Å². The molecular weight excluding hydrogens is 520 g/mol. The van der Waals surface area contributed by atoms with Gasteiger partial charge in [-0.2, -0.15) is 0 Å². The van der Waals surface area contributed by atoms with Gasteiger partial charge in [0.2, 0.25) is 5.91 Å². The molecule has 1 N–H and O–H groups in total. The summed E-state index contributed by atoms with van der Waals surface area (Å²) in [5.74, 6) is 3.68. The molecule has 0 radical (unpaired) electrons. The Kier molecular flexibility index (Phi) is 6.75. The van der Waals surface area contributed by atoms with E-state index < -0.39 is 10.0 Å². The zero-order valence-electron chi connectivity index (χ0n) is 24.5. The molecule has 2 aromatic rings. The second kappa shape index (κ2) is 9.78. The van der Waals surface area contributed by atoms with Crippen LogP contribution in [0.4, 0.5) is 5.69 Å². The number of sulfonamides is 1. The quantitative estimate of drug-likeness (QED) is 0.441. The number of amides is 1. The molecule has 6 nitrogen and oxygen atoms in total. The lowest BCUT2D eigenvalue weighted by Crippen LogP contribution is -2.63. The Labute approximate surface area is 239 Å². The van der Waals surface area contributed by atoms with E-state index in [1.165, 1.54) is 12.8 Å². The monoisotopic (exact) mass is 564 g/mol. The van der Waals surface area contributed by atoms with Gasteiger partial charge in [0, 0.05) is 30.6 Å². The Morgan fingerprint density at radius 3 is 2.30 bits per heavy atom. The molecule has 6 rings (SSSR count). The lowest BCUT2D eigenvalue weighted by Gasteiger charge is -2.63. The molecule has 7 heteroatoms. The molecular formula is C33H44N2O4S. The average Bonchev–Trinajstić information content (AvgIpc) is 3.25. The second-order valence-electron chi connectivity index (χ2n) is 13.7. The lowest BCUT2D eigenvalue weighted by molar-refractivity contribution is -0.168. The van der Waals surface area contributed by atoms with Crippen LogP contribution in [-0.4, -0.2) is 38.4 Å². The van der Waals surface area contributed by atoms with Gasteiger partial charge in [0.05, 0.1) is 4.90 Å². The number of nitrogens with zero attached hydrogens (tertiary/aromatic N) is 1. The highest BCUT2D eigenvalue weighted by molar-refractivity contribution is 7.92. The third kappa shape index (κ3) is 4.43. The Bertz CT molecular complexity index is 1370. The number of anilines is 1. The molecule has 2 aromatic carbocycles. The fourth-order valence-corrected chi connectivity index (χ4v) is 10.4. The third-order valence-electron chi connectivity index (χ3n) is 11.6. The number of piperidine rings is 1. The molecule has 3 unspecified atom stereocenters. The standard InChI is InChI=1S/C33H44N2O4S/c1-21-6-12-25(13-7-21)40(37,38)34-23-8-10-24(11-9-23)39-29-15-14-26-31-22(2)20-28-32(3,19-17-30(36)35(28)5)27(31)16-18-33(26,29)4/h6-13,22,26-29,31,34H,14-20H2,1-5H3/t22?,26-,27+,28?,29?,31-,32+,33-/m0/s1. The predicted molar refractivity (Wildman–Crippen MR) is 158 cm³/mol. The molecule has 3 saturated carbocycles. The van der Waals surface area contributed by atoms with Gasteiger partial charge in [-0.05, 0) is 111 Å². The molecule has 4 aliphatic rings. The molecule has 8 atom stereocenters. The summed E-state index contributed by atoms with van der Waals surface area (Å²) in [6.45, 7) is 9.29. The van der Waals surface area contributed by atoms with Gasteiger partial charge < -0.3 is 9.64 Å². The smallest absolute Gasteiger partial charge is 0.261 e. The molecule has 1 saturated heterocycles. The summed E-state index contributed by atoms with van der Waals surface area (Å²) < 4.78 is 35.0. The van der Waals surface area contributed by atoms with Crippen LogP contribution in [0.2, 0.25) is 0 Å². The molecule has 3 aliphatic carbocycles. The number of hydrogen-bond donors (Lipinski definition) is 1. The summed E-state index contributed by atoms with van der Waals surface area (Å²) in [5.41, 5.74) is 1.88. The minimum absolute atomic E-state index is 0.126. The van der Waals surface area contributed by atoms with E-state index in [0.29, 0.717) is 47.7 Å². The van der Waals surface area contributed by atoms with Gasteiger partial charge in [-0.15, -0.1) is 0 Å². The average molecular weight is 565 g/mol. The molecule has 1 amide bonds. The van der Waals surface area contributed by atoms with Crippen molar-refractivity contribution in [1.82, 2.24) is 4.90 Å². The predicted octanol–water partition coefficient (Wildman–Crippen LogP) is 6.65. The van der Waals surface area contributed by atoms with Gasteiger partial charge >= 0.3 is 0 Å². The maximum atomic E-state index is 12.8. The Morgan fingerprint density at radius 2 is 1.60 bits per heavy atom. The number of aryl methyl sites for hydroxylation is 1. The number of fused-ring (bicyclic) bond motifs is 5. The van der Waals surface area contributed by atoms with E-state index >= 15 is 0 Å². The Morgan fingerprint density at radius 1 is 0.925 bits per heavy atom. The molecule has 0 spiro atoms. The van der Waals surface area contributed by atoms with Crippen molar-refractivity contribution in [3.8, 4) is 5.75 Å². The minimum Gasteiger partial charge on any atom is -0.490 e.